The molecule has 0 radical (unpaired) electrons. The van der Waals surface area contributed by atoms with Crippen LogP contribution in [0.15, 0.2) is 18.6 Å². The van der Waals surface area contributed by atoms with Crippen molar-refractivity contribution in [2.24, 2.45) is 0 Å². The summed E-state index contributed by atoms with van der Waals surface area (Å²) in [5.74, 6) is 2.02. The van der Waals surface area contributed by atoms with Gasteiger partial charge in [0, 0.05) is 12.7 Å². The molecule has 0 saturated heterocycles. The van der Waals surface area contributed by atoms with E-state index in [1.54, 1.807) is 12.5 Å². The van der Waals surface area contributed by atoms with Gasteiger partial charge >= 0.3 is 0 Å². The Balaban J connectivity index is 2.13. The van der Waals surface area contributed by atoms with E-state index in [1.165, 1.54) is 0 Å². The SMILES string of the molecule is CCn1cnnc1Cn1c(CCl)nc2c(C)ccnc21. The average Bonchev–Trinajstić information content (AvgIpc) is 3.05. The van der Waals surface area contributed by atoms with Gasteiger partial charge in [-0.25, -0.2) is 9.97 Å². The van der Waals surface area contributed by atoms with Crippen molar-refractivity contribution in [3.63, 3.8) is 0 Å². The van der Waals surface area contributed by atoms with Crippen molar-refractivity contribution >= 4 is 22.8 Å². The smallest absolute Gasteiger partial charge is 0.160 e. The molecule has 3 aromatic rings. The number of imidazole rings is 1. The van der Waals surface area contributed by atoms with E-state index in [4.69, 9.17) is 11.6 Å². The largest absolute Gasteiger partial charge is 0.316 e. The molecule has 6 nitrogen and oxygen atoms in total. The van der Waals surface area contributed by atoms with E-state index in [0.717, 1.165) is 34.9 Å². The zero-order valence-corrected chi connectivity index (χ0v) is 12.2. The number of hydrogen-bond acceptors (Lipinski definition) is 4. The van der Waals surface area contributed by atoms with Crippen molar-refractivity contribution in [3.05, 3.63) is 35.8 Å². The fourth-order valence-corrected chi connectivity index (χ4v) is 2.46. The second kappa shape index (κ2) is 5.20. The maximum absolute atomic E-state index is 6.02. The highest BCUT2D eigenvalue weighted by Crippen LogP contribution is 2.19. The molecular weight excluding hydrogens is 276 g/mol. The molecule has 0 aliphatic rings. The zero-order valence-electron chi connectivity index (χ0n) is 11.4. The third kappa shape index (κ3) is 2.06. The molecule has 3 rings (SSSR count). The lowest BCUT2D eigenvalue weighted by Gasteiger charge is -2.07. The average molecular weight is 291 g/mol. The highest BCUT2D eigenvalue weighted by Gasteiger charge is 2.15. The van der Waals surface area contributed by atoms with Crippen LogP contribution in [0.25, 0.3) is 11.2 Å². The summed E-state index contributed by atoms with van der Waals surface area (Å²) in [7, 11) is 0. The number of aryl methyl sites for hydroxylation is 2. The fourth-order valence-electron chi connectivity index (χ4n) is 2.26. The molecule has 3 heterocycles. The molecule has 0 aromatic carbocycles. The minimum atomic E-state index is 0.343. The lowest BCUT2D eigenvalue weighted by atomic mass is 10.3. The first-order valence-electron chi connectivity index (χ1n) is 6.48. The predicted molar refractivity (Wildman–Crippen MR) is 76.6 cm³/mol. The van der Waals surface area contributed by atoms with Crippen LogP contribution in [0, 0.1) is 6.92 Å². The normalized spacial score (nSPS) is 11.3. The van der Waals surface area contributed by atoms with Gasteiger partial charge in [-0.1, -0.05) is 0 Å². The highest BCUT2D eigenvalue weighted by atomic mass is 35.5. The Kier molecular flexibility index (Phi) is 3.40. The van der Waals surface area contributed by atoms with Crippen LogP contribution in [0.2, 0.25) is 0 Å². The van der Waals surface area contributed by atoms with Gasteiger partial charge in [-0.15, -0.1) is 21.8 Å². The molecular formula is C13H15ClN6. The van der Waals surface area contributed by atoms with Gasteiger partial charge in [-0.05, 0) is 25.5 Å². The van der Waals surface area contributed by atoms with Crippen LogP contribution < -0.4 is 0 Å². The molecule has 7 heteroatoms. The highest BCUT2D eigenvalue weighted by molar-refractivity contribution is 6.16. The lowest BCUT2D eigenvalue weighted by molar-refractivity contribution is 0.646. The van der Waals surface area contributed by atoms with Gasteiger partial charge in [0.2, 0.25) is 0 Å². The number of rotatable bonds is 4. The standard InChI is InChI=1S/C13H15ClN6/c1-3-19-8-16-18-11(19)7-20-10(6-14)17-12-9(2)4-5-15-13(12)20/h4-5,8H,3,6-7H2,1-2H3. The summed E-state index contributed by atoms with van der Waals surface area (Å²) in [6.07, 6.45) is 3.52. The molecule has 0 fully saturated rings. The molecule has 0 aliphatic carbocycles. The number of halogens is 1. The summed E-state index contributed by atoms with van der Waals surface area (Å²) in [6.45, 7) is 5.48. The quantitative estimate of drug-likeness (QED) is 0.691. The van der Waals surface area contributed by atoms with Crippen LogP contribution in [-0.4, -0.2) is 29.3 Å². The summed E-state index contributed by atoms with van der Waals surface area (Å²) in [4.78, 5) is 9.01. The van der Waals surface area contributed by atoms with E-state index in [-0.39, 0.29) is 0 Å². The van der Waals surface area contributed by atoms with Gasteiger partial charge in [0.1, 0.15) is 17.7 Å². The van der Waals surface area contributed by atoms with Crippen LogP contribution >= 0.6 is 11.6 Å². The van der Waals surface area contributed by atoms with E-state index in [1.807, 2.05) is 22.1 Å². The van der Waals surface area contributed by atoms with Crippen LogP contribution in [0.1, 0.15) is 24.1 Å². The molecule has 0 unspecified atom stereocenters. The lowest BCUT2D eigenvalue weighted by Crippen LogP contribution is -2.10. The minimum absolute atomic E-state index is 0.343. The predicted octanol–water partition coefficient (Wildman–Crippen LogP) is 2.14. The van der Waals surface area contributed by atoms with E-state index >= 15 is 0 Å². The van der Waals surface area contributed by atoms with Crippen LogP contribution in [-0.2, 0) is 19.0 Å². The molecule has 0 spiro atoms. The Morgan fingerprint density at radius 2 is 2.15 bits per heavy atom. The van der Waals surface area contributed by atoms with Gasteiger partial charge < -0.3 is 9.13 Å². The van der Waals surface area contributed by atoms with Gasteiger partial charge in [0.05, 0.1) is 12.4 Å². The molecule has 0 aliphatic heterocycles. The number of aromatic nitrogens is 6. The van der Waals surface area contributed by atoms with Crippen molar-refractivity contribution in [2.45, 2.75) is 32.8 Å². The molecule has 0 N–H and O–H groups in total. The number of hydrogen-bond donors (Lipinski definition) is 0. The van der Waals surface area contributed by atoms with Crippen molar-refractivity contribution in [1.82, 2.24) is 29.3 Å². The first-order chi connectivity index (χ1) is 9.74. The van der Waals surface area contributed by atoms with E-state index in [9.17, 15) is 0 Å². The molecule has 104 valence electrons. The summed E-state index contributed by atoms with van der Waals surface area (Å²) >= 11 is 6.02. The Morgan fingerprint density at radius 1 is 1.30 bits per heavy atom. The first kappa shape index (κ1) is 13.1. The van der Waals surface area contributed by atoms with E-state index in [0.29, 0.717) is 12.4 Å². The second-order valence-electron chi connectivity index (χ2n) is 4.58. The maximum Gasteiger partial charge on any atom is 0.160 e. The summed E-state index contributed by atoms with van der Waals surface area (Å²) in [6, 6.07) is 1.95. The summed E-state index contributed by atoms with van der Waals surface area (Å²) in [5.41, 5.74) is 2.83. The van der Waals surface area contributed by atoms with E-state index < -0.39 is 0 Å². The summed E-state index contributed by atoms with van der Waals surface area (Å²) in [5, 5.41) is 8.11. The number of alkyl halides is 1. The van der Waals surface area contributed by atoms with Gasteiger partial charge in [-0.2, -0.15) is 0 Å². The van der Waals surface area contributed by atoms with Gasteiger partial charge in [-0.3, -0.25) is 0 Å². The molecule has 20 heavy (non-hydrogen) atoms. The molecule has 0 saturated carbocycles. The van der Waals surface area contributed by atoms with Gasteiger partial charge in [0.15, 0.2) is 11.5 Å². The fraction of sp³-hybridized carbons (Fsp3) is 0.385. The minimum Gasteiger partial charge on any atom is -0.316 e. The van der Waals surface area contributed by atoms with Gasteiger partial charge in [0.25, 0.3) is 0 Å². The topological polar surface area (TPSA) is 61.4 Å². The Hall–Kier alpha value is -1.95. The van der Waals surface area contributed by atoms with Crippen LogP contribution in [0.5, 0.6) is 0 Å². The first-order valence-corrected chi connectivity index (χ1v) is 7.01. The molecule has 3 aromatic heterocycles. The zero-order chi connectivity index (χ0) is 14.1. The monoisotopic (exact) mass is 290 g/mol. The molecule has 0 bridgehead atoms. The number of fused-ring (bicyclic) bond motifs is 1. The Labute approximate surface area is 121 Å². The van der Waals surface area contributed by atoms with Crippen molar-refractivity contribution in [2.75, 3.05) is 0 Å². The third-order valence-corrected chi connectivity index (χ3v) is 3.61. The number of pyridine rings is 1. The van der Waals surface area contributed by atoms with Crippen LogP contribution in [0.3, 0.4) is 0 Å². The second-order valence-corrected chi connectivity index (χ2v) is 4.85. The molecule has 0 amide bonds. The van der Waals surface area contributed by atoms with E-state index in [2.05, 4.69) is 27.1 Å². The van der Waals surface area contributed by atoms with Crippen molar-refractivity contribution < 1.29 is 0 Å². The van der Waals surface area contributed by atoms with Crippen molar-refractivity contribution in [1.29, 1.82) is 0 Å². The van der Waals surface area contributed by atoms with Crippen LogP contribution in [0.4, 0.5) is 0 Å². The summed E-state index contributed by atoms with van der Waals surface area (Å²) < 4.78 is 4.01. The van der Waals surface area contributed by atoms with Crippen molar-refractivity contribution in [3.8, 4) is 0 Å². The Morgan fingerprint density at radius 3 is 2.90 bits per heavy atom. The third-order valence-electron chi connectivity index (χ3n) is 3.37. The number of nitrogens with zero attached hydrogens (tertiary/aromatic N) is 6. The molecule has 0 atom stereocenters. The Bertz CT molecular complexity index is 744. The maximum atomic E-state index is 6.02.